The predicted octanol–water partition coefficient (Wildman–Crippen LogP) is 2.38. The zero-order valence-electron chi connectivity index (χ0n) is 13.8. The van der Waals surface area contributed by atoms with Crippen molar-refractivity contribution in [1.82, 2.24) is 5.43 Å². The summed E-state index contributed by atoms with van der Waals surface area (Å²) in [7, 11) is 0. The lowest BCUT2D eigenvalue weighted by Crippen LogP contribution is -2.35. The van der Waals surface area contributed by atoms with Gasteiger partial charge in [-0.15, -0.1) is 0 Å². The minimum absolute atomic E-state index is 0.0144. The summed E-state index contributed by atoms with van der Waals surface area (Å²) in [6.45, 7) is 3.24. The van der Waals surface area contributed by atoms with Gasteiger partial charge in [-0.05, 0) is 42.8 Å². The number of amides is 2. The van der Waals surface area contributed by atoms with Crippen LogP contribution >= 0.6 is 0 Å². The van der Waals surface area contributed by atoms with Gasteiger partial charge in [-0.25, -0.2) is 5.01 Å². The van der Waals surface area contributed by atoms with Gasteiger partial charge in [0, 0.05) is 6.92 Å². The number of carbonyl (C=O) groups is 3. The molecule has 1 fully saturated rings. The fourth-order valence-electron chi connectivity index (χ4n) is 2.43. The van der Waals surface area contributed by atoms with Gasteiger partial charge >= 0.3 is 5.97 Å². The molecule has 1 aliphatic rings. The Labute approximate surface area is 144 Å². The Hall–Kier alpha value is -3.41. The van der Waals surface area contributed by atoms with E-state index in [0.29, 0.717) is 17.0 Å². The van der Waals surface area contributed by atoms with Gasteiger partial charge in [0.05, 0.1) is 5.69 Å². The average molecular weight is 336 g/mol. The molecule has 1 heterocycles. The molecule has 0 atom stereocenters. The van der Waals surface area contributed by atoms with Crippen LogP contribution in [0.2, 0.25) is 0 Å². The van der Waals surface area contributed by atoms with Gasteiger partial charge in [0.1, 0.15) is 11.3 Å². The van der Waals surface area contributed by atoms with Crippen molar-refractivity contribution in [1.29, 1.82) is 0 Å². The lowest BCUT2D eigenvalue weighted by molar-refractivity contribution is -0.132. The highest BCUT2D eigenvalue weighted by atomic mass is 16.5. The number of nitrogens with zero attached hydrogens (tertiary/aromatic N) is 1. The first-order valence-electron chi connectivity index (χ1n) is 7.66. The van der Waals surface area contributed by atoms with Crippen LogP contribution in [0.1, 0.15) is 18.1 Å². The van der Waals surface area contributed by atoms with Crippen molar-refractivity contribution in [2.45, 2.75) is 13.8 Å². The van der Waals surface area contributed by atoms with E-state index in [9.17, 15) is 14.4 Å². The minimum Gasteiger partial charge on any atom is -0.427 e. The predicted molar refractivity (Wildman–Crippen MR) is 92.5 cm³/mol. The molecule has 0 aromatic heterocycles. The Morgan fingerprint density at radius 2 is 1.84 bits per heavy atom. The summed E-state index contributed by atoms with van der Waals surface area (Å²) < 4.78 is 5.01. The zero-order valence-corrected chi connectivity index (χ0v) is 13.8. The van der Waals surface area contributed by atoms with Gasteiger partial charge < -0.3 is 4.74 Å². The Kier molecular flexibility index (Phi) is 4.35. The van der Waals surface area contributed by atoms with Crippen LogP contribution in [-0.2, 0) is 14.4 Å². The van der Waals surface area contributed by atoms with Crippen molar-refractivity contribution >= 4 is 29.5 Å². The van der Waals surface area contributed by atoms with E-state index in [1.165, 1.54) is 18.0 Å². The number of hydrogen-bond donors (Lipinski definition) is 1. The summed E-state index contributed by atoms with van der Waals surface area (Å²) >= 11 is 0. The molecule has 2 aromatic carbocycles. The van der Waals surface area contributed by atoms with E-state index in [0.717, 1.165) is 5.56 Å². The molecular formula is C19H16N2O4. The molecule has 1 aliphatic heterocycles. The fraction of sp³-hybridized carbons (Fsp3) is 0.105. The van der Waals surface area contributed by atoms with Crippen molar-refractivity contribution in [3.63, 3.8) is 0 Å². The first-order chi connectivity index (χ1) is 11.9. The maximum atomic E-state index is 12.6. The summed E-state index contributed by atoms with van der Waals surface area (Å²) in [6, 6.07) is 13.9. The molecule has 0 aliphatic carbocycles. The standard InChI is InChI=1S/C19H16N2O4/c1-12-6-8-15(9-7-12)21-19(24)17(18(23)20-21)11-14-4-3-5-16(10-14)25-13(2)22/h3-11H,1-2H3,(H,20,23)/b17-11+. The van der Waals surface area contributed by atoms with Crippen LogP contribution in [0.25, 0.3) is 6.08 Å². The van der Waals surface area contributed by atoms with Crippen LogP contribution in [0.5, 0.6) is 5.75 Å². The number of ether oxygens (including phenoxy) is 1. The number of esters is 1. The van der Waals surface area contributed by atoms with Crippen LogP contribution < -0.4 is 15.2 Å². The first kappa shape index (κ1) is 16.4. The average Bonchev–Trinajstić information content (AvgIpc) is 2.83. The number of rotatable bonds is 3. The summed E-state index contributed by atoms with van der Waals surface area (Å²) in [4.78, 5) is 35.8. The monoisotopic (exact) mass is 336 g/mol. The number of hydrazine groups is 1. The second kappa shape index (κ2) is 6.60. The largest absolute Gasteiger partial charge is 0.427 e. The molecule has 1 saturated heterocycles. The quantitative estimate of drug-likeness (QED) is 0.404. The van der Waals surface area contributed by atoms with Crippen molar-refractivity contribution in [2.24, 2.45) is 0 Å². The van der Waals surface area contributed by atoms with Crippen LogP contribution in [-0.4, -0.2) is 17.8 Å². The number of benzene rings is 2. The molecular weight excluding hydrogens is 320 g/mol. The first-order valence-corrected chi connectivity index (χ1v) is 7.66. The molecule has 0 unspecified atom stereocenters. The number of anilines is 1. The number of aryl methyl sites for hydroxylation is 1. The molecule has 3 rings (SSSR count). The molecule has 0 spiro atoms. The lowest BCUT2D eigenvalue weighted by atomic mass is 10.1. The van der Waals surface area contributed by atoms with Gasteiger partial charge in [-0.3, -0.25) is 19.8 Å². The van der Waals surface area contributed by atoms with Gasteiger partial charge in [0.15, 0.2) is 0 Å². The van der Waals surface area contributed by atoms with Gasteiger partial charge in [-0.1, -0.05) is 29.8 Å². The third-order valence-electron chi connectivity index (χ3n) is 3.61. The van der Waals surface area contributed by atoms with Crippen LogP contribution in [0.3, 0.4) is 0 Å². The SMILES string of the molecule is CC(=O)Oc1cccc(/C=C2\C(=O)NN(c3ccc(C)cc3)C2=O)c1. The smallest absolute Gasteiger partial charge is 0.308 e. The molecule has 0 radical (unpaired) electrons. The molecule has 0 bridgehead atoms. The highest BCUT2D eigenvalue weighted by Crippen LogP contribution is 2.23. The van der Waals surface area contributed by atoms with Crippen LogP contribution in [0, 0.1) is 6.92 Å². The molecule has 2 amide bonds. The Balaban J connectivity index is 1.88. The maximum Gasteiger partial charge on any atom is 0.308 e. The Morgan fingerprint density at radius 3 is 2.52 bits per heavy atom. The fourth-order valence-corrected chi connectivity index (χ4v) is 2.43. The molecule has 0 saturated carbocycles. The topological polar surface area (TPSA) is 75.7 Å². The molecule has 1 N–H and O–H groups in total. The summed E-state index contributed by atoms with van der Waals surface area (Å²) in [5, 5.41) is 1.21. The highest BCUT2D eigenvalue weighted by Gasteiger charge is 2.34. The number of carbonyl (C=O) groups excluding carboxylic acids is 3. The van der Waals surface area contributed by atoms with Gasteiger partial charge in [-0.2, -0.15) is 0 Å². The molecule has 6 nitrogen and oxygen atoms in total. The normalized spacial score (nSPS) is 15.4. The molecule has 6 heteroatoms. The van der Waals surface area contributed by atoms with Crippen molar-refractivity contribution in [2.75, 3.05) is 5.01 Å². The Bertz CT molecular complexity index is 885. The minimum atomic E-state index is -0.483. The van der Waals surface area contributed by atoms with E-state index in [4.69, 9.17) is 4.74 Å². The van der Waals surface area contributed by atoms with E-state index in [2.05, 4.69) is 5.43 Å². The highest BCUT2D eigenvalue weighted by molar-refractivity contribution is 6.31. The van der Waals surface area contributed by atoms with E-state index in [1.807, 2.05) is 19.1 Å². The van der Waals surface area contributed by atoms with Crippen LogP contribution in [0.15, 0.2) is 54.1 Å². The molecule has 2 aromatic rings. The summed E-state index contributed by atoms with van der Waals surface area (Å²) in [5.41, 5.74) is 4.79. The number of nitrogens with one attached hydrogen (secondary N) is 1. The summed E-state index contributed by atoms with van der Waals surface area (Å²) in [5.74, 6) is -1.01. The van der Waals surface area contributed by atoms with E-state index < -0.39 is 17.8 Å². The second-order valence-corrected chi connectivity index (χ2v) is 5.64. The van der Waals surface area contributed by atoms with Gasteiger partial charge in [0.2, 0.25) is 0 Å². The van der Waals surface area contributed by atoms with Crippen molar-refractivity contribution in [3.8, 4) is 5.75 Å². The summed E-state index contributed by atoms with van der Waals surface area (Å²) in [6.07, 6.45) is 1.47. The number of hydrogen-bond acceptors (Lipinski definition) is 4. The molecule has 126 valence electrons. The van der Waals surface area contributed by atoms with E-state index >= 15 is 0 Å². The van der Waals surface area contributed by atoms with E-state index in [-0.39, 0.29) is 5.57 Å². The zero-order chi connectivity index (χ0) is 18.0. The van der Waals surface area contributed by atoms with Crippen molar-refractivity contribution < 1.29 is 19.1 Å². The Morgan fingerprint density at radius 1 is 1.12 bits per heavy atom. The lowest BCUT2D eigenvalue weighted by Gasteiger charge is -2.14. The van der Waals surface area contributed by atoms with Crippen molar-refractivity contribution in [3.05, 3.63) is 65.2 Å². The third kappa shape index (κ3) is 3.58. The van der Waals surface area contributed by atoms with Crippen LogP contribution in [0.4, 0.5) is 5.69 Å². The third-order valence-corrected chi connectivity index (χ3v) is 3.61. The second-order valence-electron chi connectivity index (χ2n) is 5.64. The molecule has 25 heavy (non-hydrogen) atoms. The van der Waals surface area contributed by atoms with Gasteiger partial charge in [0.25, 0.3) is 11.8 Å². The van der Waals surface area contributed by atoms with E-state index in [1.54, 1.807) is 36.4 Å². The maximum absolute atomic E-state index is 12.6.